The molecule has 2 atom stereocenters. The molecule has 0 radical (unpaired) electrons. The van der Waals surface area contributed by atoms with E-state index in [0.717, 1.165) is 5.75 Å². The first-order valence-electron chi connectivity index (χ1n) is 6.69. The average molecular weight is 279 g/mol. The lowest BCUT2D eigenvalue weighted by Gasteiger charge is -2.16. The van der Waals surface area contributed by atoms with Crippen molar-refractivity contribution in [1.82, 2.24) is 5.32 Å². The van der Waals surface area contributed by atoms with Gasteiger partial charge in [0, 0.05) is 12.0 Å². The lowest BCUT2D eigenvalue weighted by atomic mass is 10.1. The van der Waals surface area contributed by atoms with Crippen molar-refractivity contribution < 1.29 is 19.4 Å². The molecule has 0 spiro atoms. The molecule has 110 valence electrons. The van der Waals surface area contributed by atoms with Gasteiger partial charge in [-0.3, -0.25) is 9.59 Å². The van der Waals surface area contributed by atoms with Crippen molar-refractivity contribution in [3.05, 3.63) is 30.3 Å². The highest BCUT2D eigenvalue weighted by molar-refractivity contribution is 5.79. The molecule has 20 heavy (non-hydrogen) atoms. The SMILES string of the molecule is CC(CC(=O)O)NC(=O)C(C)CCOc1ccccc1. The molecule has 0 heterocycles. The molecule has 2 N–H and O–H groups in total. The number of rotatable bonds is 8. The van der Waals surface area contributed by atoms with Gasteiger partial charge < -0.3 is 15.2 Å². The first-order valence-corrected chi connectivity index (χ1v) is 6.69. The first kappa shape index (κ1) is 16.0. The van der Waals surface area contributed by atoms with Gasteiger partial charge in [0.2, 0.25) is 5.91 Å². The van der Waals surface area contributed by atoms with Gasteiger partial charge in [0.25, 0.3) is 0 Å². The standard InChI is InChI=1S/C15H21NO4/c1-11(15(19)16-12(2)10-14(17)18)8-9-20-13-6-4-3-5-7-13/h3-7,11-12H,8-10H2,1-2H3,(H,16,19)(H,17,18). The van der Waals surface area contributed by atoms with Crippen LogP contribution in [-0.4, -0.2) is 29.6 Å². The van der Waals surface area contributed by atoms with Gasteiger partial charge in [-0.2, -0.15) is 0 Å². The molecule has 0 aliphatic carbocycles. The van der Waals surface area contributed by atoms with E-state index in [-0.39, 0.29) is 24.3 Å². The van der Waals surface area contributed by atoms with E-state index < -0.39 is 5.97 Å². The predicted octanol–water partition coefficient (Wildman–Crippen LogP) is 2.07. The van der Waals surface area contributed by atoms with Crippen molar-refractivity contribution in [1.29, 1.82) is 0 Å². The molecule has 0 aromatic heterocycles. The number of benzene rings is 1. The minimum Gasteiger partial charge on any atom is -0.494 e. The maximum Gasteiger partial charge on any atom is 0.305 e. The molecule has 1 aromatic rings. The molecule has 0 saturated heterocycles. The van der Waals surface area contributed by atoms with Crippen LogP contribution in [0.1, 0.15) is 26.7 Å². The van der Waals surface area contributed by atoms with Gasteiger partial charge in [-0.15, -0.1) is 0 Å². The number of nitrogens with one attached hydrogen (secondary N) is 1. The van der Waals surface area contributed by atoms with Gasteiger partial charge in [0.05, 0.1) is 13.0 Å². The molecular weight excluding hydrogens is 258 g/mol. The van der Waals surface area contributed by atoms with E-state index in [1.54, 1.807) is 13.8 Å². The van der Waals surface area contributed by atoms with Crippen LogP contribution in [0.15, 0.2) is 30.3 Å². The second kappa shape index (κ2) is 8.19. The molecular formula is C15H21NO4. The Balaban J connectivity index is 2.26. The molecule has 0 saturated carbocycles. The third kappa shape index (κ3) is 6.22. The second-order valence-electron chi connectivity index (χ2n) is 4.86. The molecule has 2 unspecified atom stereocenters. The normalized spacial score (nSPS) is 13.3. The minimum atomic E-state index is -0.919. The molecule has 1 rings (SSSR count). The smallest absolute Gasteiger partial charge is 0.305 e. The van der Waals surface area contributed by atoms with E-state index in [9.17, 15) is 9.59 Å². The average Bonchev–Trinajstić information content (AvgIpc) is 2.38. The quantitative estimate of drug-likeness (QED) is 0.764. The Hall–Kier alpha value is -2.04. The summed E-state index contributed by atoms with van der Waals surface area (Å²) in [5.74, 6) is -0.498. The highest BCUT2D eigenvalue weighted by Crippen LogP contribution is 2.10. The lowest BCUT2D eigenvalue weighted by Crippen LogP contribution is -2.38. The molecule has 0 fully saturated rings. The summed E-state index contributed by atoms with van der Waals surface area (Å²) >= 11 is 0. The van der Waals surface area contributed by atoms with Gasteiger partial charge in [0.15, 0.2) is 0 Å². The zero-order chi connectivity index (χ0) is 15.0. The monoisotopic (exact) mass is 279 g/mol. The van der Waals surface area contributed by atoms with Crippen LogP contribution in [0.25, 0.3) is 0 Å². The van der Waals surface area contributed by atoms with Crippen LogP contribution in [0.5, 0.6) is 5.75 Å². The van der Waals surface area contributed by atoms with E-state index in [1.165, 1.54) is 0 Å². The summed E-state index contributed by atoms with van der Waals surface area (Å²) in [6.07, 6.45) is 0.513. The molecule has 5 heteroatoms. The number of ether oxygens (including phenoxy) is 1. The third-order valence-electron chi connectivity index (χ3n) is 2.88. The Morgan fingerprint density at radius 3 is 2.50 bits per heavy atom. The Morgan fingerprint density at radius 2 is 1.90 bits per heavy atom. The summed E-state index contributed by atoms with van der Waals surface area (Å²) in [6, 6.07) is 9.04. The zero-order valence-corrected chi connectivity index (χ0v) is 11.8. The van der Waals surface area contributed by atoms with Crippen molar-refractivity contribution in [2.45, 2.75) is 32.7 Å². The van der Waals surface area contributed by atoms with Crippen molar-refractivity contribution in [3.8, 4) is 5.75 Å². The Morgan fingerprint density at radius 1 is 1.25 bits per heavy atom. The van der Waals surface area contributed by atoms with Crippen molar-refractivity contribution >= 4 is 11.9 Å². The number of carboxylic acid groups (broad SMARTS) is 1. The van der Waals surface area contributed by atoms with E-state index >= 15 is 0 Å². The van der Waals surface area contributed by atoms with Crippen molar-refractivity contribution in [2.75, 3.05) is 6.61 Å². The van der Waals surface area contributed by atoms with E-state index in [0.29, 0.717) is 13.0 Å². The largest absolute Gasteiger partial charge is 0.494 e. The van der Waals surface area contributed by atoms with Crippen LogP contribution in [-0.2, 0) is 9.59 Å². The summed E-state index contributed by atoms with van der Waals surface area (Å²) in [7, 11) is 0. The zero-order valence-electron chi connectivity index (χ0n) is 11.8. The lowest BCUT2D eigenvalue weighted by molar-refractivity contribution is -0.137. The number of amides is 1. The summed E-state index contributed by atoms with van der Waals surface area (Å²) in [5.41, 5.74) is 0. The van der Waals surface area contributed by atoms with E-state index in [4.69, 9.17) is 9.84 Å². The maximum absolute atomic E-state index is 11.8. The van der Waals surface area contributed by atoms with Crippen LogP contribution in [0, 0.1) is 5.92 Å². The number of carboxylic acids is 1. The van der Waals surface area contributed by atoms with Gasteiger partial charge >= 0.3 is 5.97 Å². The fraction of sp³-hybridized carbons (Fsp3) is 0.467. The maximum atomic E-state index is 11.8. The summed E-state index contributed by atoms with van der Waals surface area (Å²) in [4.78, 5) is 22.3. The molecule has 1 aromatic carbocycles. The fourth-order valence-electron chi connectivity index (χ4n) is 1.70. The molecule has 1 amide bonds. The number of carbonyl (C=O) groups is 2. The van der Waals surface area contributed by atoms with Gasteiger partial charge in [-0.1, -0.05) is 25.1 Å². The number of hydrogen-bond donors (Lipinski definition) is 2. The number of hydrogen-bond acceptors (Lipinski definition) is 3. The number of carbonyl (C=O) groups excluding carboxylic acids is 1. The van der Waals surface area contributed by atoms with Crippen molar-refractivity contribution in [2.24, 2.45) is 5.92 Å². The second-order valence-corrected chi connectivity index (χ2v) is 4.86. The Bertz CT molecular complexity index is 433. The Kier molecular flexibility index (Phi) is 6.56. The van der Waals surface area contributed by atoms with Gasteiger partial charge in [0.1, 0.15) is 5.75 Å². The van der Waals surface area contributed by atoms with E-state index in [1.807, 2.05) is 30.3 Å². The molecule has 0 bridgehead atoms. The fourth-order valence-corrected chi connectivity index (χ4v) is 1.70. The van der Waals surface area contributed by atoms with Gasteiger partial charge in [-0.05, 0) is 25.5 Å². The summed E-state index contributed by atoms with van der Waals surface area (Å²) < 4.78 is 5.52. The molecule has 0 aliphatic rings. The number of para-hydroxylation sites is 1. The topological polar surface area (TPSA) is 75.6 Å². The Labute approximate surface area is 118 Å². The van der Waals surface area contributed by atoms with Crippen LogP contribution in [0.2, 0.25) is 0 Å². The van der Waals surface area contributed by atoms with Crippen LogP contribution in [0.3, 0.4) is 0 Å². The highest BCUT2D eigenvalue weighted by Gasteiger charge is 2.16. The minimum absolute atomic E-state index is 0.0705. The van der Waals surface area contributed by atoms with Gasteiger partial charge in [-0.25, -0.2) is 0 Å². The molecule has 5 nitrogen and oxygen atoms in total. The first-order chi connectivity index (χ1) is 9.49. The van der Waals surface area contributed by atoms with Crippen molar-refractivity contribution in [3.63, 3.8) is 0 Å². The molecule has 0 aliphatic heterocycles. The predicted molar refractivity (Wildman–Crippen MR) is 75.6 cm³/mol. The van der Waals surface area contributed by atoms with E-state index in [2.05, 4.69) is 5.32 Å². The summed E-state index contributed by atoms with van der Waals surface area (Å²) in [5, 5.41) is 11.3. The summed E-state index contributed by atoms with van der Waals surface area (Å²) in [6.45, 7) is 3.93. The van der Waals surface area contributed by atoms with Crippen LogP contribution in [0.4, 0.5) is 0 Å². The third-order valence-corrected chi connectivity index (χ3v) is 2.88. The highest BCUT2D eigenvalue weighted by atomic mass is 16.5. The van der Waals surface area contributed by atoms with Crippen LogP contribution < -0.4 is 10.1 Å². The number of aliphatic carboxylic acids is 1. The van der Waals surface area contributed by atoms with Crippen LogP contribution >= 0.6 is 0 Å².